The molecule has 3 aromatic rings. The Bertz CT molecular complexity index is 929. The molecule has 0 radical (unpaired) electrons. The third-order valence-corrected chi connectivity index (χ3v) is 5.99. The number of aryl methyl sites for hydroxylation is 2. The van der Waals surface area contributed by atoms with Crippen molar-refractivity contribution in [3.63, 3.8) is 0 Å². The maximum absolute atomic E-state index is 13.3. The first-order chi connectivity index (χ1) is 12.6. The first-order valence-corrected chi connectivity index (χ1v) is 9.64. The fraction of sp³-hybridized carbons (Fsp3) is 0.300. The van der Waals surface area contributed by atoms with E-state index in [0.717, 1.165) is 30.4 Å². The van der Waals surface area contributed by atoms with Crippen molar-refractivity contribution in [2.75, 3.05) is 0 Å². The lowest BCUT2D eigenvalue weighted by molar-refractivity contribution is 0.0940. The van der Waals surface area contributed by atoms with Crippen molar-refractivity contribution in [2.24, 2.45) is 7.05 Å². The van der Waals surface area contributed by atoms with E-state index in [1.165, 1.54) is 29.0 Å². The Morgan fingerprint density at radius 3 is 2.77 bits per heavy atom. The monoisotopic (exact) mass is 369 g/mol. The Balaban J connectivity index is 1.67. The number of amides is 1. The zero-order chi connectivity index (χ0) is 18.1. The van der Waals surface area contributed by atoms with Crippen molar-refractivity contribution in [2.45, 2.75) is 31.7 Å². The Hall–Kier alpha value is -2.47. The lowest BCUT2D eigenvalue weighted by Gasteiger charge is -2.20. The molecule has 0 aliphatic heterocycles. The number of thiophene rings is 1. The number of rotatable bonds is 4. The molecular formula is C20H20FN3OS. The molecular weight excluding hydrogens is 349 g/mol. The molecule has 0 bridgehead atoms. The summed E-state index contributed by atoms with van der Waals surface area (Å²) in [5.41, 5.74) is 2.76. The average molecular weight is 369 g/mol. The molecule has 4 nitrogen and oxygen atoms in total. The van der Waals surface area contributed by atoms with E-state index < -0.39 is 6.04 Å². The number of carbonyl (C=O) groups is 1. The van der Waals surface area contributed by atoms with Gasteiger partial charge in [-0.25, -0.2) is 9.37 Å². The van der Waals surface area contributed by atoms with Crippen LogP contribution in [0, 0.1) is 5.82 Å². The number of imidazole rings is 1. The van der Waals surface area contributed by atoms with Gasteiger partial charge in [0.25, 0.3) is 5.91 Å². The molecule has 1 aromatic carbocycles. The summed E-state index contributed by atoms with van der Waals surface area (Å²) in [6, 6.07) is 5.77. The van der Waals surface area contributed by atoms with Crippen LogP contribution < -0.4 is 5.32 Å². The summed E-state index contributed by atoms with van der Waals surface area (Å²) in [5, 5.41) is 5.07. The van der Waals surface area contributed by atoms with E-state index in [2.05, 4.69) is 10.3 Å². The van der Waals surface area contributed by atoms with E-state index in [9.17, 15) is 9.18 Å². The molecule has 2 aromatic heterocycles. The van der Waals surface area contributed by atoms with E-state index in [1.54, 1.807) is 29.7 Å². The SMILES string of the molecule is Cn1ccnc1C(NC(=O)c1csc2c1CCCC2)c1ccc(F)cc1. The summed E-state index contributed by atoms with van der Waals surface area (Å²) in [5.74, 6) is 0.321. The van der Waals surface area contributed by atoms with Crippen molar-refractivity contribution < 1.29 is 9.18 Å². The third kappa shape index (κ3) is 3.17. The zero-order valence-corrected chi connectivity index (χ0v) is 15.4. The van der Waals surface area contributed by atoms with E-state index >= 15 is 0 Å². The van der Waals surface area contributed by atoms with Crippen LogP contribution in [0.3, 0.4) is 0 Å². The zero-order valence-electron chi connectivity index (χ0n) is 14.5. The van der Waals surface area contributed by atoms with Gasteiger partial charge in [-0.3, -0.25) is 4.79 Å². The van der Waals surface area contributed by atoms with Crippen LogP contribution in [0.25, 0.3) is 0 Å². The molecule has 0 fully saturated rings. The van der Waals surface area contributed by atoms with Crippen molar-refractivity contribution in [3.8, 4) is 0 Å². The molecule has 6 heteroatoms. The molecule has 4 rings (SSSR count). The lowest BCUT2D eigenvalue weighted by atomic mass is 9.95. The number of fused-ring (bicyclic) bond motifs is 1. The summed E-state index contributed by atoms with van der Waals surface area (Å²) in [6.45, 7) is 0. The van der Waals surface area contributed by atoms with E-state index in [0.29, 0.717) is 5.82 Å². The normalized spacial score (nSPS) is 14.7. The predicted octanol–water partition coefficient (Wildman–Crippen LogP) is 4.02. The topological polar surface area (TPSA) is 46.9 Å². The maximum atomic E-state index is 13.3. The third-order valence-electron chi connectivity index (χ3n) is 4.90. The van der Waals surface area contributed by atoms with Crippen LogP contribution in [0.15, 0.2) is 42.0 Å². The van der Waals surface area contributed by atoms with Crippen LogP contribution >= 0.6 is 11.3 Å². The van der Waals surface area contributed by atoms with E-state index in [1.807, 2.05) is 23.2 Å². The molecule has 0 spiro atoms. The minimum atomic E-state index is -0.428. The Morgan fingerprint density at radius 1 is 1.27 bits per heavy atom. The highest BCUT2D eigenvalue weighted by molar-refractivity contribution is 7.10. The Morgan fingerprint density at radius 2 is 2.04 bits per heavy atom. The highest BCUT2D eigenvalue weighted by Crippen LogP contribution is 2.31. The van der Waals surface area contributed by atoms with Gasteiger partial charge in [-0.1, -0.05) is 12.1 Å². The largest absolute Gasteiger partial charge is 0.338 e. The van der Waals surface area contributed by atoms with Gasteiger partial charge in [-0.05, 0) is 48.9 Å². The van der Waals surface area contributed by atoms with Crippen LogP contribution in [0.4, 0.5) is 4.39 Å². The van der Waals surface area contributed by atoms with Gasteiger partial charge in [0.15, 0.2) is 0 Å². The van der Waals surface area contributed by atoms with Gasteiger partial charge in [-0.15, -0.1) is 11.3 Å². The van der Waals surface area contributed by atoms with Crippen LogP contribution in [-0.2, 0) is 19.9 Å². The smallest absolute Gasteiger partial charge is 0.253 e. The van der Waals surface area contributed by atoms with Gasteiger partial charge in [0.1, 0.15) is 17.7 Å². The van der Waals surface area contributed by atoms with Gasteiger partial charge in [-0.2, -0.15) is 0 Å². The fourth-order valence-corrected chi connectivity index (χ4v) is 4.63. The number of hydrogen-bond acceptors (Lipinski definition) is 3. The fourth-order valence-electron chi connectivity index (χ4n) is 3.50. The molecule has 1 unspecified atom stereocenters. The summed E-state index contributed by atoms with van der Waals surface area (Å²) in [7, 11) is 1.89. The molecule has 1 N–H and O–H groups in total. The number of benzene rings is 1. The lowest BCUT2D eigenvalue weighted by Crippen LogP contribution is -2.31. The average Bonchev–Trinajstić information content (AvgIpc) is 3.26. The van der Waals surface area contributed by atoms with Gasteiger partial charge in [0.05, 0.1) is 5.56 Å². The molecule has 0 saturated carbocycles. The minimum absolute atomic E-state index is 0.0956. The van der Waals surface area contributed by atoms with E-state index in [-0.39, 0.29) is 11.7 Å². The number of halogens is 1. The van der Waals surface area contributed by atoms with Crippen molar-refractivity contribution in [1.82, 2.24) is 14.9 Å². The van der Waals surface area contributed by atoms with Crippen molar-refractivity contribution in [3.05, 3.63) is 75.2 Å². The molecule has 1 amide bonds. The molecule has 2 heterocycles. The maximum Gasteiger partial charge on any atom is 0.253 e. The van der Waals surface area contributed by atoms with Gasteiger partial charge >= 0.3 is 0 Å². The summed E-state index contributed by atoms with van der Waals surface area (Å²) in [4.78, 5) is 18.7. The number of nitrogens with zero attached hydrogens (tertiary/aromatic N) is 2. The van der Waals surface area contributed by atoms with Crippen LogP contribution in [0.2, 0.25) is 0 Å². The molecule has 1 aliphatic carbocycles. The molecule has 26 heavy (non-hydrogen) atoms. The van der Waals surface area contributed by atoms with E-state index in [4.69, 9.17) is 0 Å². The Kier molecular flexibility index (Phi) is 4.59. The summed E-state index contributed by atoms with van der Waals surface area (Å²) < 4.78 is 15.2. The van der Waals surface area contributed by atoms with Crippen molar-refractivity contribution in [1.29, 1.82) is 0 Å². The van der Waals surface area contributed by atoms with Crippen molar-refractivity contribution >= 4 is 17.2 Å². The molecule has 1 aliphatic rings. The number of aromatic nitrogens is 2. The number of carbonyl (C=O) groups excluding carboxylic acids is 1. The first kappa shape index (κ1) is 17.0. The van der Waals surface area contributed by atoms with Crippen LogP contribution in [-0.4, -0.2) is 15.5 Å². The summed E-state index contributed by atoms with van der Waals surface area (Å²) >= 11 is 1.67. The highest BCUT2D eigenvalue weighted by atomic mass is 32.1. The predicted molar refractivity (Wildman–Crippen MR) is 99.9 cm³/mol. The van der Waals surface area contributed by atoms with Gasteiger partial charge in [0.2, 0.25) is 0 Å². The Labute approximate surface area is 155 Å². The van der Waals surface area contributed by atoms with Crippen LogP contribution in [0.5, 0.6) is 0 Å². The second-order valence-electron chi connectivity index (χ2n) is 6.61. The molecule has 1 atom stereocenters. The summed E-state index contributed by atoms with van der Waals surface area (Å²) in [6.07, 6.45) is 7.89. The standard InChI is InChI=1S/C20H20FN3OS/c1-24-11-10-22-19(24)18(13-6-8-14(21)9-7-13)23-20(25)16-12-26-17-5-3-2-4-15(16)17/h6-12,18H,2-5H2,1H3,(H,23,25). The van der Waals surface area contributed by atoms with Gasteiger partial charge < -0.3 is 9.88 Å². The highest BCUT2D eigenvalue weighted by Gasteiger charge is 2.25. The first-order valence-electron chi connectivity index (χ1n) is 8.76. The number of hydrogen-bond donors (Lipinski definition) is 1. The molecule has 0 saturated heterocycles. The van der Waals surface area contributed by atoms with Crippen LogP contribution in [0.1, 0.15) is 51.1 Å². The second-order valence-corrected chi connectivity index (χ2v) is 7.58. The quantitative estimate of drug-likeness (QED) is 0.755. The van der Waals surface area contributed by atoms with Gasteiger partial charge in [0, 0.05) is 29.7 Å². The number of nitrogens with one attached hydrogen (secondary N) is 1. The second kappa shape index (κ2) is 7.03. The minimum Gasteiger partial charge on any atom is -0.338 e. The molecule has 134 valence electrons.